The maximum absolute atomic E-state index is 9.97. The van der Waals surface area contributed by atoms with E-state index in [0.717, 1.165) is 51.6 Å². The lowest BCUT2D eigenvalue weighted by Gasteiger charge is -2.17. The standard InChI is InChI=1S/C14H34N2O2Si/c15-11-7-3-1-5-9-13-19(17,18)14-10-6-2-4-8-12-16/h17-18H,1-16H2. The fourth-order valence-corrected chi connectivity index (χ4v) is 4.17. The second-order valence-corrected chi connectivity index (χ2v) is 8.56. The Balaban J connectivity index is 3.36. The lowest BCUT2D eigenvalue weighted by Crippen LogP contribution is -2.33. The second-order valence-electron chi connectivity index (χ2n) is 5.60. The highest BCUT2D eigenvalue weighted by molar-refractivity contribution is 6.64. The van der Waals surface area contributed by atoms with Gasteiger partial charge in [0, 0.05) is 0 Å². The molecule has 0 bridgehead atoms. The molecule has 0 saturated heterocycles. The van der Waals surface area contributed by atoms with E-state index in [4.69, 9.17) is 11.5 Å². The minimum Gasteiger partial charge on any atom is -0.411 e. The highest BCUT2D eigenvalue weighted by Crippen LogP contribution is 2.18. The number of hydrogen-bond acceptors (Lipinski definition) is 4. The SMILES string of the molecule is NCCCCCCC[Si](O)(O)CCCCCCCN. The zero-order chi connectivity index (χ0) is 14.4. The Hall–Kier alpha value is 0.0569. The highest BCUT2D eigenvalue weighted by Gasteiger charge is 2.27. The van der Waals surface area contributed by atoms with Crippen LogP contribution in [-0.2, 0) is 0 Å². The van der Waals surface area contributed by atoms with Gasteiger partial charge in [0.25, 0.3) is 0 Å². The number of hydrogen-bond donors (Lipinski definition) is 4. The summed E-state index contributed by atoms with van der Waals surface area (Å²) in [5.41, 5.74) is 10.9. The first-order valence-electron chi connectivity index (χ1n) is 7.97. The summed E-state index contributed by atoms with van der Waals surface area (Å²) < 4.78 is 0. The number of unbranched alkanes of at least 4 members (excludes halogenated alkanes) is 8. The van der Waals surface area contributed by atoms with Crippen LogP contribution in [0.2, 0.25) is 12.1 Å². The minimum atomic E-state index is -2.89. The van der Waals surface area contributed by atoms with E-state index in [9.17, 15) is 9.59 Å². The summed E-state index contributed by atoms with van der Waals surface area (Å²) in [5.74, 6) is 0. The Kier molecular flexibility index (Phi) is 13.1. The van der Waals surface area contributed by atoms with Crippen molar-refractivity contribution in [1.29, 1.82) is 0 Å². The number of nitrogens with two attached hydrogens (primary N) is 2. The van der Waals surface area contributed by atoms with Crippen molar-refractivity contribution in [3.63, 3.8) is 0 Å². The molecule has 0 fully saturated rings. The maximum atomic E-state index is 9.97. The summed E-state index contributed by atoms with van der Waals surface area (Å²) in [7, 11) is -2.89. The molecule has 4 nitrogen and oxygen atoms in total. The van der Waals surface area contributed by atoms with Gasteiger partial charge in [-0.05, 0) is 38.0 Å². The first-order chi connectivity index (χ1) is 9.12. The zero-order valence-electron chi connectivity index (χ0n) is 12.4. The molecule has 0 heterocycles. The molecule has 0 aromatic carbocycles. The van der Waals surface area contributed by atoms with E-state index in [0.29, 0.717) is 12.1 Å². The van der Waals surface area contributed by atoms with E-state index in [-0.39, 0.29) is 0 Å². The smallest absolute Gasteiger partial charge is 0.332 e. The molecule has 0 aliphatic heterocycles. The minimum absolute atomic E-state index is 0.637. The molecule has 0 saturated carbocycles. The van der Waals surface area contributed by atoms with Crippen LogP contribution in [0.4, 0.5) is 0 Å². The van der Waals surface area contributed by atoms with Gasteiger partial charge in [0.15, 0.2) is 0 Å². The van der Waals surface area contributed by atoms with E-state index < -0.39 is 8.56 Å². The lowest BCUT2D eigenvalue weighted by atomic mass is 10.1. The summed E-state index contributed by atoms with van der Waals surface area (Å²) in [6.45, 7) is 1.53. The first kappa shape index (κ1) is 19.1. The Morgan fingerprint density at radius 3 is 1.21 bits per heavy atom. The van der Waals surface area contributed by atoms with Crippen LogP contribution >= 0.6 is 0 Å². The number of rotatable bonds is 14. The fraction of sp³-hybridized carbons (Fsp3) is 1.00. The van der Waals surface area contributed by atoms with Crippen LogP contribution in [-0.4, -0.2) is 31.2 Å². The molecule has 6 N–H and O–H groups in total. The van der Waals surface area contributed by atoms with Crippen molar-refractivity contribution in [3.8, 4) is 0 Å². The van der Waals surface area contributed by atoms with E-state index in [1.54, 1.807) is 0 Å². The fourth-order valence-electron chi connectivity index (χ4n) is 2.29. The molecule has 0 aliphatic rings. The highest BCUT2D eigenvalue weighted by atomic mass is 28.4. The van der Waals surface area contributed by atoms with Gasteiger partial charge in [0.05, 0.1) is 0 Å². The van der Waals surface area contributed by atoms with Gasteiger partial charge in [-0.3, -0.25) is 0 Å². The Morgan fingerprint density at radius 2 is 0.842 bits per heavy atom. The van der Waals surface area contributed by atoms with Gasteiger partial charge in [-0.2, -0.15) is 0 Å². The Labute approximate surface area is 119 Å². The maximum Gasteiger partial charge on any atom is 0.332 e. The van der Waals surface area contributed by atoms with Crippen molar-refractivity contribution in [3.05, 3.63) is 0 Å². The van der Waals surface area contributed by atoms with Crippen molar-refractivity contribution in [2.24, 2.45) is 11.5 Å². The molecule has 5 heteroatoms. The molecule has 0 spiro atoms. The summed E-state index contributed by atoms with van der Waals surface area (Å²) in [6, 6.07) is 1.27. The average Bonchev–Trinajstić information content (AvgIpc) is 2.38. The van der Waals surface area contributed by atoms with Crippen LogP contribution in [0.25, 0.3) is 0 Å². The van der Waals surface area contributed by atoms with Crippen LogP contribution in [0, 0.1) is 0 Å². The monoisotopic (exact) mass is 290 g/mol. The predicted molar refractivity (Wildman–Crippen MR) is 84.1 cm³/mol. The van der Waals surface area contributed by atoms with Gasteiger partial charge in [0.2, 0.25) is 0 Å². The Bertz CT molecular complexity index is 174. The van der Waals surface area contributed by atoms with Crippen molar-refractivity contribution < 1.29 is 9.59 Å². The van der Waals surface area contributed by atoms with E-state index in [1.807, 2.05) is 0 Å². The largest absolute Gasteiger partial charge is 0.411 e. The van der Waals surface area contributed by atoms with Crippen LogP contribution < -0.4 is 11.5 Å². The molecule has 0 aromatic heterocycles. The van der Waals surface area contributed by atoms with Gasteiger partial charge >= 0.3 is 8.56 Å². The molecule has 0 radical (unpaired) electrons. The van der Waals surface area contributed by atoms with Crippen LogP contribution in [0.1, 0.15) is 64.2 Å². The lowest BCUT2D eigenvalue weighted by molar-refractivity contribution is 0.350. The second kappa shape index (κ2) is 13.1. The normalized spacial score (nSPS) is 12.0. The van der Waals surface area contributed by atoms with Crippen molar-refractivity contribution in [2.45, 2.75) is 76.3 Å². The molecule has 0 amide bonds. The van der Waals surface area contributed by atoms with Gasteiger partial charge in [-0.1, -0.05) is 51.4 Å². The quantitative estimate of drug-likeness (QED) is 0.291. The van der Waals surface area contributed by atoms with E-state index in [2.05, 4.69) is 0 Å². The summed E-state index contributed by atoms with van der Waals surface area (Å²) in [4.78, 5) is 19.9. The predicted octanol–water partition coefficient (Wildman–Crippen LogP) is 2.23. The van der Waals surface area contributed by atoms with Crippen molar-refractivity contribution >= 4 is 8.56 Å². The first-order valence-corrected chi connectivity index (χ1v) is 10.3. The molecule has 0 aliphatic carbocycles. The molecule has 0 aromatic rings. The third kappa shape index (κ3) is 14.3. The van der Waals surface area contributed by atoms with E-state index >= 15 is 0 Å². The zero-order valence-corrected chi connectivity index (χ0v) is 13.4. The van der Waals surface area contributed by atoms with Crippen LogP contribution in [0.5, 0.6) is 0 Å². The van der Waals surface area contributed by atoms with Crippen LogP contribution in [0.3, 0.4) is 0 Å². The van der Waals surface area contributed by atoms with Gasteiger partial charge in [-0.15, -0.1) is 0 Å². The van der Waals surface area contributed by atoms with Gasteiger partial charge in [-0.25, -0.2) is 0 Å². The summed E-state index contributed by atoms with van der Waals surface area (Å²) in [6.07, 6.45) is 11.0. The molecular formula is C14H34N2O2Si. The Morgan fingerprint density at radius 1 is 0.526 bits per heavy atom. The molecule has 0 atom stereocenters. The third-order valence-electron chi connectivity index (χ3n) is 3.56. The van der Waals surface area contributed by atoms with Crippen LogP contribution in [0.15, 0.2) is 0 Å². The molecule has 116 valence electrons. The van der Waals surface area contributed by atoms with E-state index in [1.165, 1.54) is 25.7 Å². The molecule has 0 unspecified atom stereocenters. The molecular weight excluding hydrogens is 256 g/mol. The van der Waals surface area contributed by atoms with Gasteiger partial charge < -0.3 is 21.1 Å². The van der Waals surface area contributed by atoms with Gasteiger partial charge in [0.1, 0.15) is 0 Å². The van der Waals surface area contributed by atoms with Crippen molar-refractivity contribution in [2.75, 3.05) is 13.1 Å². The summed E-state index contributed by atoms with van der Waals surface area (Å²) in [5, 5.41) is 0. The average molecular weight is 291 g/mol. The third-order valence-corrected chi connectivity index (χ3v) is 5.87. The topological polar surface area (TPSA) is 92.5 Å². The summed E-state index contributed by atoms with van der Waals surface area (Å²) >= 11 is 0. The van der Waals surface area contributed by atoms with Crippen molar-refractivity contribution in [1.82, 2.24) is 0 Å². The molecule has 0 rings (SSSR count). The molecule has 19 heavy (non-hydrogen) atoms.